The van der Waals surface area contributed by atoms with Gasteiger partial charge in [0.2, 0.25) is 15.9 Å². The summed E-state index contributed by atoms with van der Waals surface area (Å²) in [7, 11) is -3.66. The van der Waals surface area contributed by atoms with Crippen molar-refractivity contribution in [3.63, 3.8) is 0 Å². The van der Waals surface area contributed by atoms with Gasteiger partial charge < -0.3 is 10.5 Å². The van der Waals surface area contributed by atoms with Crippen LogP contribution in [0.25, 0.3) is 0 Å². The Morgan fingerprint density at radius 2 is 1.86 bits per heavy atom. The fourth-order valence-corrected chi connectivity index (χ4v) is 4.12. The van der Waals surface area contributed by atoms with Crippen LogP contribution in [0.1, 0.15) is 29.8 Å². The van der Waals surface area contributed by atoms with Crippen molar-refractivity contribution in [2.24, 2.45) is 5.73 Å². The number of rotatable bonds is 3. The molecule has 0 aromatic heterocycles. The van der Waals surface area contributed by atoms with Gasteiger partial charge >= 0.3 is 0 Å². The van der Waals surface area contributed by atoms with E-state index in [-0.39, 0.29) is 22.7 Å². The zero-order chi connectivity index (χ0) is 15.8. The van der Waals surface area contributed by atoms with Crippen LogP contribution in [0.15, 0.2) is 23.1 Å². The topological polar surface area (TPSA) is 89.7 Å². The smallest absolute Gasteiger partial charge is 0.249 e. The first-order valence-corrected chi connectivity index (χ1v) is 8.22. The summed E-state index contributed by atoms with van der Waals surface area (Å²) in [6, 6.07) is 4.44. The van der Waals surface area contributed by atoms with Crippen LogP contribution in [0.5, 0.6) is 0 Å². The first-order chi connectivity index (χ1) is 9.71. The molecule has 1 aliphatic heterocycles. The van der Waals surface area contributed by atoms with Crippen molar-refractivity contribution < 1.29 is 17.9 Å². The third-order valence-corrected chi connectivity index (χ3v) is 5.33. The highest BCUT2D eigenvalue weighted by Crippen LogP contribution is 2.23. The van der Waals surface area contributed by atoms with Crippen LogP contribution in [0.2, 0.25) is 0 Å². The minimum atomic E-state index is -3.66. The summed E-state index contributed by atoms with van der Waals surface area (Å²) in [5, 5.41) is 0. The zero-order valence-corrected chi connectivity index (χ0v) is 13.2. The molecule has 1 amide bonds. The number of morpholine rings is 1. The molecule has 6 nitrogen and oxygen atoms in total. The molecule has 21 heavy (non-hydrogen) atoms. The Balaban J connectivity index is 2.40. The Kier molecular flexibility index (Phi) is 4.36. The van der Waals surface area contributed by atoms with Crippen LogP contribution in [-0.2, 0) is 14.8 Å². The van der Waals surface area contributed by atoms with E-state index in [1.165, 1.54) is 16.4 Å². The molecule has 2 N–H and O–H groups in total. The first-order valence-electron chi connectivity index (χ1n) is 6.78. The maximum Gasteiger partial charge on any atom is 0.249 e. The summed E-state index contributed by atoms with van der Waals surface area (Å²) < 4.78 is 32.3. The summed E-state index contributed by atoms with van der Waals surface area (Å²) in [6.45, 7) is 5.98. The summed E-state index contributed by atoms with van der Waals surface area (Å²) in [4.78, 5) is 11.5. The van der Waals surface area contributed by atoms with E-state index in [9.17, 15) is 13.2 Å². The normalized spacial score (nSPS) is 24.0. The molecular formula is C14H20N2O4S. The van der Waals surface area contributed by atoms with E-state index < -0.39 is 15.9 Å². The average Bonchev–Trinajstić information content (AvgIpc) is 2.37. The van der Waals surface area contributed by atoms with Gasteiger partial charge in [-0.2, -0.15) is 4.31 Å². The quantitative estimate of drug-likeness (QED) is 0.897. The number of amides is 1. The van der Waals surface area contributed by atoms with Crippen molar-refractivity contribution in [1.82, 2.24) is 4.31 Å². The number of benzene rings is 1. The molecule has 0 unspecified atom stereocenters. The highest BCUT2D eigenvalue weighted by Gasteiger charge is 2.32. The zero-order valence-electron chi connectivity index (χ0n) is 12.4. The maximum absolute atomic E-state index is 12.7. The van der Waals surface area contributed by atoms with Crippen molar-refractivity contribution in [2.45, 2.75) is 37.9 Å². The minimum Gasteiger partial charge on any atom is -0.373 e. The van der Waals surface area contributed by atoms with Gasteiger partial charge in [-0.3, -0.25) is 4.79 Å². The second-order valence-electron chi connectivity index (χ2n) is 5.42. The molecule has 0 saturated carbocycles. The van der Waals surface area contributed by atoms with Crippen molar-refractivity contribution >= 4 is 15.9 Å². The van der Waals surface area contributed by atoms with E-state index in [1.54, 1.807) is 13.0 Å². The number of hydrogen-bond acceptors (Lipinski definition) is 4. The van der Waals surface area contributed by atoms with E-state index in [0.717, 1.165) is 0 Å². The van der Waals surface area contributed by atoms with Gasteiger partial charge in [-0.15, -0.1) is 0 Å². The molecular weight excluding hydrogens is 292 g/mol. The SMILES string of the molecule is Cc1ccc(S(=O)(=O)N2C[C@@H](C)O[C@H](C)C2)cc1C(N)=O. The average molecular weight is 312 g/mol. The van der Waals surface area contributed by atoms with Gasteiger partial charge in [-0.05, 0) is 38.5 Å². The van der Waals surface area contributed by atoms with Gasteiger partial charge in [0.15, 0.2) is 0 Å². The Morgan fingerprint density at radius 1 is 1.29 bits per heavy atom. The highest BCUT2D eigenvalue weighted by atomic mass is 32.2. The van der Waals surface area contributed by atoms with E-state index in [0.29, 0.717) is 18.7 Å². The van der Waals surface area contributed by atoms with Crippen LogP contribution in [0.4, 0.5) is 0 Å². The van der Waals surface area contributed by atoms with Gasteiger partial charge in [0, 0.05) is 18.7 Å². The standard InChI is InChI=1S/C14H20N2O4S/c1-9-4-5-12(6-13(9)14(15)17)21(18,19)16-7-10(2)20-11(3)8-16/h4-6,10-11H,7-8H2,1-3H3,(H2,15,17)/t10-,11-/m1/s1. The lowest BCUT2D eigenvalue weighted by Gasteiger charge is -2.34. The highest BCUT2D eigenvalue weighted by molar-refractivity contribution is 7.89. The maximum atomic E-state index is 12.7. The third-order valence-electron chi connectivity index (χ3n) is 3.50. The summed E-state index contributed by atoms with van der Waals surface area (Å²) in [5.74, 6) is -0.631. The molecule has 1 fully saturated rings. The number of aryl methyl sites for hydroxylation is 1. The molecule has 2 rings (SSSR count). The fourth-order valence-electron chi connectivity index (χ4n) is 2.50. The molecule has 1 aromatic rings. The van der Waals surface area contributed by atoms with E-state index >= 15 is 0 Å². The molecule has 0 aliphatic carbocycles. The molecule has 116 valence electrons. The Labute approximate surface area is 124 Å². The van der Waals surface area contributed by atoms with Crippen molar-refractivity contribution in [3.8, 4) is 0 Å². The lowest BCUT2D eigenvalue weighted by Crippen LogP contribution is -2.48. The summed E-state index contributed by atoms with van der Waals surface area (Å²) in [6.07, 6.45) is -0.325. The molecule has 1 aliphatic rings. The summed E-state index contributed by atoms with van der Waals surface area (Å²) in [5.41, 5.74) is 6.17. The number of carbonyl (C=O) groups excluding carboxylic acids is 1. The fraction of sp³-hybridized carbons (Fsp3) is 0.500. The number of sulfonamides is 1. The van der Waals surface area contributed by atoms with Crippen LogP contribution in [-0.4, -0.2) is 43.9 Å². The molecule has 1 aromatic carbocycles. The molecule has 2 atom stereocenters. The molecule has 1 heterocycles. The van der Waals surface area contributed by atoms with Crippen LogP contribution < -0.4 is 5.73 Å². The molecule has 1 saturated heterocycles. The lowest BCUT2D eigenvalue weighted by molar-refractivity contribution is -0.0440. The third kappa shape index (κ3) is 3.25. The Bertz CT molecular complexity index is 647. The minimum absolute atomic E-state index is 0.0863. The molecule has 0 bridgehead atoms. The van der Waals surface area contributed by atoms with E-state index in [2.05, 4.69) is 0 Å². The van der Waals surface area contributed by atoms with Gasteiger partial charge in [0.1, 0.15) is 0 Å². The first kappa shape index (κ1) is 15.9. The molecule has 0 spiro atoms. The Morgan fingerprint density at radius 3 is 2.38 bits per heavy atom. The monoisotopic (exact) mass is 312 g/mol. The van der Waals surface area contributed by atoms with Crippen LogP contribution in [0.3, 0.4) is 0 Å². The lowest BCUT2D eigenvalue weighted by atomic mass is 10.1. The van der Waals surface area contributed by atoms with Gasteiger partial charge in [-0.25, -0.2) is 8.42 Å². The van der Waals surface area contributed by atoms with E-state index in [4.69, 9.17) is 10.5 Å². The summed E-state index contributed by atoms with van der Waals surface area (Å²) >= 11 is 0. The number of hydrogen-bond donors (Lipinski definition) is 1. The van der Waals surface area contributed by atoms with Gasteiger partial charge in [0.05, 0.1) is 17.1 Å². The number of nitrogens with zero attached hydrogens (tertiary/aromatic N) is 1. The van der Waals surface area contributed by atoms with Crippen molar-refractivity contribution in [1.29, 1.82) is 0 Å². The number of nitrogens with two attached hydrogens (primary N) is 1. The predicted molar refractivity (Wildman–Crippen MR) is 78.5 cm³/mol. The molecule has 0 radical (unpaired) electrons. The second kappa shape index (κ2) is 5.75. The van der Waals surface area contributed by atoms with Crippen LogP contribution >= 0.6 is 0 Å². The second-order valence-corrected chi connectivity index (χ2v) is 7.36. The molecule has 7 heteroatoms. The Hall–Kier alpha value is -1.44. The van der Waals surface area contributed by atoms with Gasteiger partial charge in [-0.1, -0.05) is 6.07 Å². The number of primary amides is 1. The number of carbonyl (C=O) groups is 1. The van der Waals surface area contributed by atoms with Gasteiger partial charge in [0.25, 0.3) is 0 Å². The van der Waals surface area contributed by atoms with Crippen LogP contribution in [0, 0.1) is 6.92 Å². The predicted octanol–water partition coefficient (Wildman–Crippen LogP) is 0.892. The van der Waals surface area contributed by atoms with E-state index in [1.807, 2.05) is 13.8 Å². The van der Waals surface area contributed by atoms with Crippen molar-refractivity contribution in [3.05, 3.63) is 29.3 Å². The largest absolute Gasteiger partial charge is 0.373 e. The van der Waals surface area contributed by atoms with Crippen molar-refractivity contribution in [2.75, 3.05) is 13.1 Å². The number of ether oxygens (including phenoxy) is 1.